The molecule has 1 atom stereocenters. The topological polar surface area (TPSA) is 73.6 Å². The normalized spacial score (nSPS) is 19.6. The minimum Gasteiger partial charge on any atom is -0.399 e. The number of nitrogen functional groups attached to an aromatic ring is 1. The minimum atomic E-state index is -4.61. The molecule has 3 N–H and O–H groups in total. The summed E-state index contributed by atoms with van der Waals surface area (Å²) in [5.41, 5.74) is 3.95. The fourth-order valence-corrected chi connectivity index (χ4v) is 1.76. The number of halogens is 3. The Morgan fingerprint density at radius 1 is 1.35 bits per heavy atom. The van der Waals surface area contributed by atoms with Crippen LogP contribution in [0.1, 0.15) is 5.56 Å². The summed E-state index contributed by atoms with van der Waals surface area (Å²) in [6, 6.07) is 3.16. The van der Waals surface area contributed by atoms with Crippen molar-refractivity contribution in [2.24, 2.45) is 0 Å². The highest BCUT2D eigenvalue weighted by Gasteiger charge is 2.35. The number of carbonyl (C=O) groups is 1. The molecule has 110 valence electrons. The van der Waals surface area contributed by atoms with Crippen molar-refractivity contribution in [3.05, 3.63) is 23.8 Å². The Morgan fingerprint density at radius 3 is 2.70 bits per heavy atom. The number of anilines is 2. The van der Waals surface area contributed by atoms with E-state index in [-0.39, 0.29) is 24.6 Å². The van der Waals surface area contributed by atoms with Crippen LogP contribution in [0.25, 0.3) is 0 Å². The van der Waals surface area contributed by atoms with Gasteiger partial charge < -0.3 is 20.5 Å². The molecular formula is C12H13F3N2O3. The summed E-state index contributed by atoms with van der Waals surface area (Å²) < 4.78 is 48.7. The summed E-state index contributed by atoms with van der Waals surface area (Å²) in [5.74, 6) is -0.681. The minimum absolute atomic E-state index is 0.0160. The predicted molar refractivity (Wildman–Crippen MR) is 65.0 cm³/mol. The van der Waals surface area contributed by atoms with E-state index in [4.69, 9.17) is 15.2 Å². The third-order valence-electron chi connectivity index (χ3n) is 2.72. The fraction of sp³-hybridized carbons (Fsp3) is 0.417. The number of nitrogens with two attached hydrogens (primary N) is 1. The lowest BCUT2D eigenvalue weighted by molar-refractivity contribution is -0.142. The fourth-order valence-electron chi connectivity index (χ4n) is 1.76. The van der Waals surface area contributed by atoms with E-state index in [1.165, 1.54) is 6.07 Å². The van der Waals surface area contributed by atoms with Crippen molar-refractivity contribution < 1.29 is 27.4 Å². The number of carbonyl (C=O) groups excluding carboxylic acids is 1. The third-order valence-corrected chi connectivity index (χ3v) is 2.72. The lowest BCUT2D eigenvalue weighted by Crippen LogP contribution is -2.39. The van der Waals surface area contributed by atoms with Gasteiger partial charge in [-0.05, 0) is 18.2 Å². The highest BCUT2D eigenvalue weighted by molar-refractivity contribution is 5.95. The SMILES string of the molecule is Nc1ccc(NC(=O)C2COCCO2)c(C(F)(F)F)c1. The molecule has 0 bridgehead atoms. The summed E-state index contributed by atoms with van der Waals surface area (Å²) in [6.07, 6.45) is -5.52. The van der Waals surface area contributed by atoms with Crippen LogP contribution in [0.15, 0.2) is 18.2 Å². The van der Waals surface area contributed by atoms with Gasteiger partial charge in [0.1, 0.15) is 0 Å². The van der Waals surface area contributed by atoms with Gasteiger partial charge in [0.2, 0.25) is 0 Å². The van der Waals surface area contributed by atoms with Gasteiger partial charge in [0.05, 0.1) is 31.1 Å². The molecule has 1 aliphatic heterocycles. The van der Waals surface area contributed by atoms with Gasteiger partial charge in [-0.2, -0.15) is 13.2 Å². The predicted octanol–water partition coefficient (Wildman–Crippen LogP) is 1.64. The quantitative estimate of drug-likeness (QED) is 0.812. The van der Waals surface area contributed by atoms with E-state index < -0.39 is 23.8 Å². The first-order chi connectivity index (χ1) is 9.38. The molecular weight excluding hydrogens is 277 g/mol. The van der Waals surface area contributed by atoms with Crippen LogP contribution < -0.4 is 11.1 Å². The summed E-state index contributed by atoms with van der Waals surface area (Å²) in [4.78, 5) is 11.8. The Balaban J connectivity index is 2.18. The Kier molecular flexibility index (Phi) is 4.15. The van der Waals surface area contributed by atoms with E-state index in [1.807, 2.05) is 0 Å². The van der Waals surface area contributed by atoms with Crippen LogP contribution in [0.2, 0.25) is 0 Å². The second-order valence-electron chi connectivity index (χ2n) is 4.23. The number of hydrogen-bond acceptors (Lipinski definition) is 4. The van der Waals surface area contributed by atoms with Gasteiger partial charge in [-0.1, -0.05) is 0 Å². The number of ether oxygens (including phenoxy) is 2. The van der Waals surface area contributed by atoms with Crippen molar-refractivity contribution in [1.29, 1.82) is 0 Å². The summed E-state index contributed by atoms with van der Waals surface area (Å²) in [5, 5.41) is 2.19. The number of amides is 1. The van der Waals surface area contributed by atoms with Gasteiger partial charge in [0.15, 0.2) is 6.10 Å². The Hall–Kier alpha value is -1.80. The van der Waals surface area contributed by atoms with E-state index in [0.29, 0.717) is 6.61 Å². The van der Waals surface area contributed by atoms with Crippen molar-refractivity contribution >= 4 is 17.3 Å². The maximum Gasteiger partial charge on any atom is 0.418 e. The van der Waals surface area contributed by atoms with Crippen molar-refractivity contribution in [2.75, 3.05) is 30.9 Å². The maximum absolute atomic E-state index is 12.9. The zero-order valence-corrected chi connectivity index (χ0v) is 10.4. The van der Waals surface area contributed by atoms with E-state index in [1.54, 1.807) is 0 Å². The largest absolute Gasteiger partial charge is 0.418 e. The van der Waals surface area contributed by atoms with Crippen molar-refractivity contribution in [3.8, 4) is 0 Å². The zero-order valence-electron chi connectivity index (χ0n) is 10.4. The van der Waals surface area contributed by atoms with Crippen LogP contribution in [0.3, 0.4) is 0 Å². The van der Waals surface area contributed by atoms with Crippen molar-refractivity contribution in [3.63, 3.8) is 0 Å². The average molecular weight is 290 g/mol. The second kappa shape index (κ2) is 5.68. The highest BCUT2D eigenvalue weighted by atomic mass is 19.4. The molecule has 1 heterocycles. The van der Waals surface area contributed by atoms with Gasteiger partial charge in [-0.25, -0.2) is 0 Å². The standard InChI is InChI=1S/C12H13F3N2O3/c13-12(14,15)8-5-7(16)1-2-9(8)17-11(18)10-6-19-3-4-20-10/h1-2,5,10H,3-4,6,16H2,(H,17,18). The zero-order chi connectivity index (χ0) is 14.8. The molecule has 5 nitrogen and oxygen atoms in total. The Bertz CT molecular complexity index is 499. The molecule has 8 heteroatoms. The van der Waals surface area contributed by atoms with Gasteiger partial charge >= 0.3 is 6.18 Å². The maximum atomic E-state index is 12.9. The molecule has 1 aliphatic rings. The van der Waals surface area contributed by atoms with Crippen molar-refractivity contribution in [2.45, 2.75) is 12.3 Å². The molecule has 0 radical (unpaired) electrons. The number of nitrogens with one attached hydrogen (secondary N) is 1. The molecule has 0 saturated carbocycles. The van der Waals surface area contributed by atoms with Crippen LogP contribution in [0.4, 0.5) is 24.5 Å². The van der Waals surface area contributed by atoms with Crippen LogP contribution in [0.5, 0.6) is 0 Å². The van der Waals surface area contributed by atoms with Gasteiger partial charge in [-0.15, -0.1) is 0 Å². The van der Waals surface area contributed by atoms with Crippen molar-refractivity contribution in [1.82, 2.24) is 0 Å². The molecule has 0 aliphatic carbocycles. The second-order valence-corrected chi connectivity index (χ2v) is 4.23. The van der Waals surface area contributed by atoms with Crippen LogP contribution in [-0.4, -0.2) is 31.8 Å². The van der Waals surface area contributed by atoms with Gasteiger partial charge in [0.25, 0.3) is 5.91 Å². The summed E-state index contributed by atoms with van der Waals surface area (Å²) in [7, 11) is 0. The smallest absolute Gasteiger partial charge is 0.399 e. The molecule has 1 aromatic carbocycles. The van der Waals surface area contributed by atoms with Gasteiger partial charge in [0, 0.05) is 5.69 Å². The molecule has 1 fully saturated rings. The molecule has 2 rings (SSSR count). The molecule has 1 saturated heterocycles. The molecule has 1 amide bonds. The average Bonchev–Trinajstić information content (AvgIpc) is 2.40. The van der Waals surface area contributed by atoms with Gasteiger partial charge in [-0.3, -0.25) is 4.79 Å². The first-order valence-electron chi connectivity index (χ1n) is 5.85. The first-order valence-corrected chi connectivity index (χ1v) is 5.85. The molecule has 0 spiro atoms. The van der Waals surface area contributed by atoms with E-state index >= 15 is 0 Å². The highest BCUT2D eigenvalue weighted by Crippen LogP contribution is 2.36. The number of alkyl halides is 3. The number of hydrogen-bond donors (Lipinski definition) is 2. The van der Waals surface area contributed by atoms with Crippen LogP contribution in [-0.2, 0) is 20.4 Å². The lowest BCUT2D eigenvalue weighted by atomic mass is 10.1. The third kappa shape index (κ3) is 3.40. The van der Waals surface area contributed by atoms with E-state index in [9.17, 15) is 18.0 Å². The Morgan fingerprint density at radius 2 is 2.10 bits per heavy atom. The number of rotatable bonds is 2. The van der Waals surface area contributed by atoms with Crippen LogP contribution in [0, 0.1) is 0 Å². The summed E-state index contributed by atoms with van der Waals surface area (Å²) in [6.45, 7) is 0.605. The first kappa shape index (κ1) is 14.6. The molecule has 0 aromatic heterocycles. The molecule has 1 aromatic rings. The Labute approximate surface area is 112 Å². The van der Waals surface area contributed by atoms with E-state index in [2.05, 4.69) is 5.32 Å². The summed E-state index contributed by atoms with van der Waals surface area (Å²) >= 11 is 0. The molecule has 1 unspecified atom stereocenters. The number of benzene rings is 1. The van der Waals surface area contributed by atoms with E-state index in [0.717, 1.165) is 12.1 Å². The monoisotopic (exact) mass is 290 g/mol. The lowest BCUT2D eigenvalue weighted by Gasteiger charge is -2.23. The molecule has 20 heavy (non-hydrogen) atoms. The van der Waals surface area contributed by atoms with Crippen LogP contribution >= 0.6 is 0 Å².